The van der Waals surface area contributed by atoms with E-state index in [0.717, 1.165) is 26.1 Å². The Morgan fingerprint density at radius 2 is 2.00 bits per heavy atom. The Morgan fingerprint density at radius 3 is 2.74 bits per heavy atom. The van der Waals surface area contributed by atoms with Crippen LogP contribution in [0.4, 0.5) is 0 Å². The van der Waals surface area contributed by atoms with Gasteiger partial charge in [-0.3, -0.25) is 4.90 Å². The van der Waals surface area contributed by atoms with Crippen molar-refractivity contribution in [3.63, 3.8) is 0 Å². The molecule has 0 N–H and O–H groups in total. The molecule has 2 aliphatic heterocycles. The topological polar surface area (TPSA) is 49.9 Å². The summed E-state index contributed by atoms with van der Waals surface area (Å²) in [4.78, 5) is 2.36. The van der Waals surface area contributed by atoms with Gasteiger partial charge in [-0.1, -0.05) is 24.3 Å². The lowest BCUT2D eigenvalue weighted by atomic mass is 10.1. The number of benzene rings is 1. The molecule has 2 fully saturated rings. The summed E-state index contributed by atoms with van der Waals surface area (Å²) in [5.74, 6) is 0. The van der Waals surface area contributed by atoms with Crippen LogP contribution in [0.2, 0.25) is 0 Å². The molecule has 0 aliphatic carbocycles. The SMILES string of the molecule is Cc1ccccc1CN1CCCN(S(=O)(=O)[C@H]2CCOC2)CC1. The molecule has 128 valence electrons. The Balaban J connectivity index is 1.62. The smallest absolute Gasteiger partial charge is 0.219 e. The lowest BCUT2D eigenvalue weighted by Crippen LogP contribution is -2.41. The molecule has 0 saturated carbocycles. The second-order valence-corrected chi connectivity index (χ2v) is 8.70. The molecule has 5 nitrogen and oxygen atoms in total. The molecule has 0 radical (unpaired) electrons. The lowest BCUT2D eigenvalue weighted by Gasteiger charge is -2.24. The van der Waals surface area contributed by atoms with Crippen LogP contribution in [0.3, 0.4) is 0 Å². The minimum absolute atomic E-state index is 0.342. The molecule has 0 bridgehead atoms. The first-order valence-corrected chi connectivity index (χ1v) is 9.91. The maximum atomic E-state index is 12.7. The standard InChI is InChI=1S/C17H26N2O3S/c1-15-5-2-3-6-16(15)13-18-8-4-9-19(11-10-18)23(20,21)17-7-12-22-14-17/h2-3,5-6,17H,4,7-14H2,1H3/t17-/m0/s1. The zero-order chi connectivity index (χ0) is 16.3. The third-order valence-electron chi connectivity index (χ3n) is 4.87. The summed E-state index contributed by atoms with van der Waals surface area (Å²) in [5, 5.41) is -0.342. The van der Waals surface area contributed by atoms with E-state index in [2.05, 4.69) is 36.1 Å². The van der Waals surface area contributed by atoms with Gasteiger partial charge in [0, 0.05) is 32.8 Å². The van der Waals surface area contributed by atoms with Crippen LogP contribution in [0, 0.1) is 6.92 Å². The Bertz CT molecular complexity index is 626. The molecule has 0 amide bonds. The normalized spacial score (nSPS) is 24.7. The molecule has 1 aromatic carbocycles. The molecule has 0 spiro atoms. The van der Waals surface area contributed by atoms with Crippen LogP contribution in [0.25, 0.3) is 0 Å². The van der Waals surface area contributed by atoms with Crippen LogP contribution in [0.1, 0.15) is 24.0 Å². The van der Waals surface area contributed by atoms with Crippen LogP contribution in [-0.2, 0) is 21.3 Å². The number of hydrogen-bond acceptors (Lipinski definition) is 4. The van der Waals surface area contributed by atoms with E-state index >= 15 is 0 Å². The Kier molecular flexibility index (Phi) is 5.36. The van der Waals surface area contributed by atoms with Crippen LogP contribution in [0.5, 0.6) is 0 Å². The van der Waals surface area contributed by atoms with E-state index < -0.39 is 10.0 Å². The molecule has 6 heteroatoms. The lowest BCUT2D eigenvalue weighted by molar-refractivity contribution is 0.198. The third kappa shape index (κ3) is 3.94. The summed E-state index contributed by atoms with van der Waals surface area (Å²) < 4.78 is 32.3. The van der Waals surface area contributed by atoms with Gasteiger partial charge in [-0.2, -0.15) is 0 Å². The maximum absolute atomic E-state index is 12.7. The van der Waals surface area contributed by atoms with E-state index in [9.17, 15) is 8.42 Å². The summed E-state index contributed by atoms with van der Waals surface area (Å²) in [7, 11) is -3.21. The van der Waals surface area contributed by atoms with Crippen molar-refractivity contribution in [2.24, 2.45) is 0 Å². The van der Waals surface area contributed by atoms with Gasteiger partial charge in [0.05, 0.1) is 6.61 Å². The van der Waals surface area contributed by atoms with Gasteiger partial charge in [0.2, 0.25) is 10.0 Å². The molecule has 0 aromatic heterocycles. The van der Waals surface area contributed by atoms with Gasteiger partial charge in [0.1, 0.15) is 5.25 Å². The van der Waals surface area contributed by atoms with Gasteiger partial charge in [0.25, 0.3) is 0 Å². The van der Waals surface area contributed by atoms with Crippen molar-refractivity contribution in [3.05, 3.63) is 35.4 Å². The van der Waals surface area contributed by atoms with Crippen molar-refractivity contribution >= 4 is 10.0 Å². The Labute approximate surface area is 139 Å². The summed E-state index contributed by atoms with van der Waals surface area (Å²) in [6.45, 7) is 6.90. The van der Waals surface area contributed by atoms with Crippen LogP contribution in [-0.4, -0.2) is 62.3 Å². The molecule has 0 unspecified atom stereocenters. The van der Waals surface area contributed by atoms with Crippen molar-refractivity contribution in [1.82, 2.24) is 9.21 Å². The van der Waals surface area contributed by atoms with Gasteiger partial charge in [-0.05, 0) is 37.4 Å². The van der Waals surface area contributed by atoms with Crippen molar-refractivity contribution in [2.45, 2.75) is 31.6 Å². The van der Waals surface area contributed by atoms with E-state index in [-0.39, 0.29) is 5.25 Å². The van der Waals surface area contributed by atoms with Crippen molar-refractivity contribution in [3.8, 4) is 0 Å². The summed E-state index contributed by atoms with van der Waals surface area (Å²) in [5.41, 5.74) is 2.62. The third-order valence-corrected chi connectivity index (χ3v) is 7.17. The minimum atomic E-state index is -3.21. The highest BCUT2D eigenvalue weighted by atomic mass is 32.2. The van der Waals surface area contributed by atoms with Gasteiger partial charge >= 0.3 is 0 Å². The monoisotopic (exact) mass is 338 g/mol. The minimum Gasteiger partial charge on any atom is -0.380 e. The number of nitrogens with zero attached hydrogens (tertiary/aromatic N) is 2. The number of sulfonamides is 1. The quantitative estimate of drug-likeness (QED) is 0.837. The first-order valence-electron chi connectivity index (χ1n) is 8.41. The van der Waals surface area contributed by atoms with Gasteiger partial charge in [-0.25, -0.2) is 12.7 Å². The molecule has 2 aliphatic rings. The largest absolute Gasteiger partial charge is 0.380 e. The Morgan fingerprint density at radius 1 is 1.17 bits per heavy atom. The first-order chi connectivity index (χ1) is 11.1. The van der Waals surface area contributed by atoms with Crippen LogP contribution >= 0.6 is 0 Å². The molecular formula is C17H26N2O3S. The zero-order valence-electron chi connectivity index (χ0n) is 13.8. The van der Waals surface area contributed by atoms with E-state index in [0.29, 0.717) is 32.7 Å². The van der Waals surface area contributed by atoms with E-state index in [1.807, 2.05) is 0 Å². The van der Waals surface area contributed by atoms with E-state index in [1.165, 1.54) is 11.1 Å². The molecule has 2 heterocycles. The predicted molar refractivity (Wildman–Crippen MR) is 90.8 cm³/mol. The second kappa shape index (κ2) is 7.30. The highest BCUT2D eigenvalue weighted by Crippen LogP contribution is 2.20. The molecule has 23 heavy (non-hydrogen) atoms. The molecule has 1 atom stereocenters. The average Bonchev–Trinajstić information content (AvgIpc) is 2.97. The molecular weight excluding hydrogens is 312 g/mol. The van der Waals surface area contributed by atoms with Crippen molar-refractivity contribution in [1.29, 1.82) is 0 Å². The second-order valence-electron chi connectivity index (χ2n) is 6.49. The fourth-order valence-electron chi connectivity index (χ4n) is 3.35. The van der Waals surface area contributed by atoms with E-state index in [1.54, 1.807) is 4.31 Å². The molecule has 2 saturated heterocycles. The number of rotatable bonds is 4. The number of ether oxygens (including phenoxy) is 1. The predicted octanol–water partition coefficient (Wildman–Crippen LogP) is 1.62. The van der Waals surface area contributed by atoms with Crippen molar-refractivity contribution in [2.75, 3.05) is 39.4 Å². The fraction of sp³-hybridized carbons (Fsp3) is 0.647. The zero-order valence-corrected chi connectivity index (χ0v) is 14.6. The highest BCUT2D eigenvalue weighted by molar-refractivity contribution is 7.89. The van der Waals surface area contributed by atoms with Gasteiger partial charge < -0.3 is 4.74 Å². The van der Waals surface area contributed by atoms with Crippen LogP contribution < -0.4 is 0 Å². The number of aryl methyl sites for hydroxylation is 1. The molecule has 3 rings (SSSR count). The molecule has 1 aromatic rings. The average molecular weight is 338 g/mol. The summed E-state index contributed by atoms with van der Waals surface area (Å²) in [6, 6.07) is 8.41. The van der Waals surface area contributed by atoms with Crippen molar-refractivity contribution < 1.29 is 13.2 Å². The summed E-state index contributed by atoms with van der Waals surface area (Å²) >= 11 is 0. The van der Waals surface area contributed by atoms with Crippen LogP contribution in [0.15, 0.2) is 24.3 Å². The van der Waals surface area contributed by atoms with Gasteiger partial charge in [0.15, 0.2) is 0 Å². The number of hydrogen-bond donors (Lipinski definition) is 0. The summed E-state index contributed by atoms with van der Waals surface area (Å²) in [6.07, 6.45) is 1.52. The highest BCUT2D eigenvalue weighted by Gasteiger charge is 2.35. The Hall–Kier alpha value is -0.950. The first kappa shape index (κ1) is 16.9. The fourth-order valence-corrected chi connectivity index (χ4v) is 5.15. The van der Waals surface area contributed by atoms with E-state index in [4.69, 9.17) is 4.74 Å². The van der Waals surface area contributed by atoms with Gasteiger partial charge in [-0.15, -0.1) is 0 Å². The maximum Gasteiger partial charge on any atom is 0.219 e.